The predicted molar refractivity (Wildman–Crippen MR) is 91.0 cm³/mol. The predicted octanol–water partition coefficient (Wildman–Crippen LogP) is 2.71. The lowest BCUT2D eigenvalue weighted by atomic mass is 10.3. The molecule has 2 aromatic heterocycles. The number of nitrogens with one attached hydrogen (secondary N) is 2. The number of aromatic amines is 1. The van der Waals surface area contributed by atoms with Crippen LogP contribution < -0.4 is 15.2 Å². The molecule has 0 aliphatic heterocycles. The third-order valence-electron chi connectivity index (χ3n) is 2.65. The van der Waals surface area contributed by atoms with E-state index in [9.17, 15) is 13.2 Å². The standard InChI is InChI=1S/C13H11N3O5S.C2H6/c1-22(18,19)16-8-3-2-4-9(7-8)20-10-5-6-14-12-11(10)21-13(17)15-12;1-2/h2-7,16H,1H3,(H,14,15,17);1-2H3. The van der Waals surface area contributed by atoms with Gasteiger partial charge in [0.1, 0.15) is 5.75 Å². The lowest BCUT2D eigenvalue weighted by Crippen LogP contribution is -2.09. The number of fused-ring (bicyclic) bond motifs is 1. The zero-order chi connectivity index (χ0) is 17.7. The van der Waals surface area contributed by atoms with Gasteiger partial charge in [-0.15, -0.1) is 0 Å². The molecule has 128 valence electrons. The fourth-order valence-electron chi connectivity index (χ4n) is 1.88. The van der Waals surface area contributed by atoms with E-state index in [0.717, 1.165) is 6.26 Å². The summed E-state index contributed by atoms with van der Waals surface area (Å²) in [7, 11) is -3.38. The van der Waals surface area contributed by atoms with Crippen molar-refractivity contribution in [3.63, 3.8) is 0 Å². The average molecular weight is 351 g/mol. The number of ether oxygens (including phenoxy) is 1. The summed E-state index contributed by atoms with van der Waals surface area (Å²) in [5.74, 6) is 0.0379. The molecule has 8 nitrogen and oxygen atoms in total. The first-order chi connectivity index (χ1) is 11.4. The molecule has 2 N–H and O–H groups in total. The molecule has 3 rings (SSSR count). The molecule has 0 fully saturated rings. The lowest BCUT2D eigenvalue weighted by Gasteiger charge is -2.08. The van der Waals surface area contributed by atoms with E-state index in [1.165, 1.54) is 18.3 Å². The Morgan fingerprint density at radius 3 is 2.71 bits per heavy atom. The van der Waals surface area contributed by atoms with E-state index in [4.69, 9.17) is 9.15 Å². The number of benzene rings is 1. The van der Waals surface area contributed by atoms with Gasteiger partial charge in [0.05, 0.1) is 11.9 Å². The maximum Gasteiger partial charge on any atom is 0.418 e. The molecule has 0 aliphatic carbocycles. The van der Waals surface area contributed by atoms with Gasteiger partial charge in [0, 0.05) is 18.3 Å². The van der Waals surface area contributed by atoms with Crippen molar-refractivity contribution in [1.82, 2.24) is 9.97 Å². The molecule has 9 heteroatoms. The van der Waals surface area contributed by atoms with E-state index in [1.807, 2.05) is 13.8 Å². The summed E-state index contributed by atoms with van der Waals surface area (Å²) in [6.45, 7) is 4.00. The molecule has 3 aromatic rings. The van der Waals surface area contributed by atoms with Gasteiger partial charge in [-0.3, -0.25) is 9.71 Å². The van der Waals surface area contributed by atoms with Crippen molar-refractivity contribution in [3.05, 3.63) is 47.1 Å². The Hall–Kier alpha value is -2.81. The normalized spacial score (nSPS) is 10.8. The molecule has 0 saturated heterocycles. The van der Waals surface area contributed by atoms with Gasteiger partial charge in [0.25, 0.3) is 0 Å². The Kier molecular flexibility index (Phi) is 5.24. The van der Waals surface area contributed by atoms with E-state index in [2.05, 4.69) is 14.7 Å². The van der Waals surface area contributed by atoms with Gasteiger partial charge in [-0.25, -0.2) is 18.2 Å². The molecule has 24 heavy (non-hydrogen) atoms. The number of aromatic nitrogens is 2. The second-order valence-electron chi connectivity index (χ2n) is 4.51. The minimum Gasteiger partial charge on any atom is -0.453 e. The number of pyridine rings is 1. The zero-order valence-electron chi connectivity index (χ0n) is 13.4. The van der Waals surface area contributed by atoms with Crippen molar-refractivity contribution in [2.24, 2.45) is 0 Å². The smallest absolute Gasteiger partial charge is 0.418 e. The van der Waals surface area contributed by atoms with Crippen LogP contribution >= 0.6 is 0 Å². The first-order valence-electron chi connectivity index (χ1n) is 7.14. The van der Waals surface area contributed by atoms with Gasteiger partial charge in [-0.2, -0.15) is 0 Å². The van der Waals surface area contributed by atoms with Crippen LogP contribution in [0, 0.1) is 0 Å². The molecule has 2 heterocycles. The molecule has 0 radical (unpaired) electrons. The molecule has 0 atom stereocenters. The van der Waals surface area contributed by atoms with Crippen LogP contribution in [0.25, 0.3) is 11.2 Å². The third kappa shape index (κ3) is 4.35. The summed E-state index contributed by atoms with van der Waals surface area (Å²) in [6.07, 6.45) is 2.52. The number of anilines is 1. The van der Waals surface area contributed by atoms with Crippen molar-refractivity contribution in [1.29, 1.82) is 0 Å². The van der Waals surface area contributed by atoms with Crippen molar-refractivity contribution >= 4 is 26.9 Å². The van der Waals surface area contributed by atoms with Crippen LogP contribution in [0.4, 0.5) is 5.69 Å². The Morgan fingerprint density at radius 2 is 2.00 bits per heavy atom. The Balaban J connectivity index is 0.00000100. The fourth-order valence-corrected chi connectivity index (χ4v) is 2.43. The van der Waals surface area contributed by atoms with Crippen molar-refractivity contribution in [2.45, 2.75) is 13.8 Å². The molecule has 0 unspecified atom stereocenters. The largest absolute Gasteiger partial charge is 0.453 e. The highest BCUT2D eigenvalue weighted by Crippen LogP contribution is 2.28. The van der Waals surface area contributed by atoms with Crippen LogP contribution in [-0.2, 0) is 10.0 Å². The van der Waals surface area contributed by atoms with E-state index in [0.29, 0.717) is 17.2 Å². The summed E-state index contributed by atoms with van der Waals surface area (Å²) in [6, 6.07) is 7.92. The lowest BCUT2D eigenvalue weighted by molar-refractivity contribution is 0.466. The van der Waals surface area contributed by atoms with Crippen LogP contribution in [0.2, 0.25) is 0 Å². The molecule has 0 aliphatic rings. The number of H-pyrrole nitrogens is 1. The SMILES string of the molecule is CC.CS(=O)(=O)Nc1cccc(Oc2ccnc3[nH]c(=O)oc23)c1. The number of hydrogen-bond acceptors (Lipinski definition) is 6. The highest BCUT2D eigenvalue weighted by molar-refractivity contribution is 7.92. The van der Waals surface area contributed by atoms with Crippen molar-refractivity contribution < 1.29 is 17.6 Å². The Morgan fingerprint density at radius 1 is 1.25 bits per heavy atom. The van der Waals surface area contributed by atoms with E-state index >= 15 is 0 Å². The number of sulfonamides is 1. The number of oxazole rings is 1. The molecular weight excluding hydrogens is 334 g/mol. The fraction of sp³-hybridized carbons (Fsp3) is 0.200. The van der Waals surface area contributed by atoms with Crippen molar-refractivity contribution in [2.75, 3.05) is 11.0 Å². The van der Waals surface area contributed by atoms with Crippen LogP contribution in [-0.4, -0.2) is 24.6 Å². The van der Waals surface area contributed by atoms with Gasteiger partial charge in [-0.1, -0.05) is 19.9 Å². The topological polar surface area (TPSA) is 114 Å². The summed E-state index contributed by atoms with van der Waals surface area (Å²) >= 11 is 0. The van der Waals surface area contributed by atoms with Crippen LogP contribution in [0.3, 0.4) is 0 Å². The minimum absolute atomic E-state index is 0.189. The van der Waals surface area contributed by atoms with E-state index in [-0.39, 0.29) is 11.2 Å². The van der Waals surface area contributed by atoms with Crippen LogP contribution in [0.1, 0.15) is 13.8 Å². The summed E-state index contributed by atoms with van der Waals surface area (Å²) in [4.78, 5) is 17.6. The Labute approximate surface area is 138 Å². The second-order valence-corrected chi connectivity index (χ2v) is 6.25. The highest BCUT2D eigenvalue weighted by atomic mass is 32.2. The first-order valence-corrected chi connectivity index (χ1v) is 9.03. The van der Waals surface area contributed by atoms with E-state index < -0.39 is 15.8 Å². The molecule has 1 aromatic carbocycles. The quantitative estimate of drug-likeness (QED) is 0.747. The van der Waals surface area contributed by atoms with E-state index in [1.54, 1.807) is 18.2 Å². The van der Waals surface area contributed by atoms with Gasteiger partial charge in [0.15, 0.2) is 11.4 Å². The average Bonchev–Trinajstić information content (AvgIpc) is 2.89. The maximum absolute atomic E-state index is 11.2. The summed E-state index contributed by atoms with van der Waals surface area (Å²) < 4.78 is 35.4. The molecule has 0 amide bonds. The summed E-state index contributed by atoms with van der Waals surface area (Å²) in [5, 5.41) is 0. The third-order valence-corrected chi connectivity index (χ3v) is 3.26. The Bertz CT molecular complexity index is 992. The minimum atomic E-state index is -3.38. The summed E-state index contributed by atoms with van der Waals surface area (Å²) in [5.41, 5.74) is 0.822. The van der Waals surface area contributed by atoms with Gasteiger partial charge < -0.3 is 9.15 Å². The zero-order valence-corrected chi connectivity index (χ0v) is 14.2. The van der Waals surface area contributed by atoms with Gasteiger partial charge in [0.2, 0.25) is 15.6 Å². The first kappa shape index (κ1) is 17.5. The second kappa shape index (κ2) is 7.18. The van der Waals surface area contributed by atoms with Crippen molar-refractivity contribution in [3.8, 4) is 11.5 Å². The van der Waals surface area contributed by atoms with Gasteiger partial charge in [-0.05, 0) is 12.1 Å². The highest BCUT2D eigenvalue weighted by Gasteiger charge is 2.10. The molecule has 0 spiro atoms. The van der Waals surface area contributed by atoms with Gasteiger partial charge >= 0.3 is 5.76 Å². The number of hydrogen-bond donors (Lipinski definition) is 2. The number of rotatable bonds is 4. The molecule has 0 saturated carbocycles. The molecular formula is C15H17N3O5S. The molecule has 0 bridgehead atoms. The van der Waals surface area contributed by atoms with Crippen LogP contribution in [0.15, 0.2) is 45.7 Å². The monoisotopic (exact) mass is 351 g/mol. The number of nitrogens with zero attached hydrogens (tertiary/aromatic N) is 1. The maximum atomic E-state index is 11.2. The van der Waals surface area contributed by atoms with Crippen LogP contribution in [0.5, 0.6) is 11.5 Å².